The van der Waals surface area contributed by atoms with Gasteiger partial charge in [-0.25, -0.2) is 9.59 Å². The molecular formula is C50H68N6O4. The molecule has 2 saturated carbocycles. The SMILES string of the molecule is O=C(NCCCOc1cccc(OCCCNC(=O)NC2CCC(CCN3C4CCC3c3ccccc34)CC2)c1)NC1CCC(CCN2C3CCC2c2ccccc23)CC1. The lowest BCUT2D eigenvalue weighted by Crippen LogP contribution is -2.44. The van der Waals surface area contributed by atoms with Crippen LogP contribution in [0.25, 0.3) is 0 Å². The number of ether oxygens (including phenoxy) is 2. The number of rotatable bonds is 18. The van der Waals surface area contributed by atoms with Crippen molar-refractivity contribution in [1.82, 2.24) is 31.1 Å². The van der Waals surface area contributed by atoms with Gasteiger partial charge in [-0.1, -0.05) is 54.6 Å². The molecule has 0 radical (unpaired) electrons. The van der Waals surface area contributed by atoms with Gasteiger partial charge in [-0.05, 0) is 162 Å². The highest BCUT2D eigenvalue weighted by molar-refractivity contribution is 5.74. The first-order valence-corrected chi connectivity index (χ1v) is 23.7. The van der Waals surface area contributed by atoms with Crippen molar-refractivity contribution in [2.75, 3.05) is 39.4 Å². The van der Waals surface area contributed by atoms with E-state index in [1.54, 1.807) is 22.3 Å². The van der Waals surface area contributed by atoms with Crippen LogP contribution in [0.3, 0.4) is 0 Å². The summed E-state index contributed by atoms with van der Waals surface area (Å²) >= 11 is 0. The Morgan fingerprint density at radius 3 is 1.27 bits per heavy atom. The van der Waals surface area contributed by atoms with Crippen LogP contribution in [-0.2, 0) is 0 Å². The number of hydrogen-bond donors (Lipinski definition) is 4. The molecule has 322 valence electrons. The minimum Gasteiger partial charge on any atom is -0.493 e. The maximum Gasteiger partial charge on any atom is 0.315 e. The number of carbonyl (C=O) groups is 2. The predicted molar refractivity (Wildman–Crippen MR) is 236 cm³/mol. The van der Waals surface area contributed by atoms with E-state index in [-0.39, 0.29) is 24.1 Å². The second-order valence-electron chi connectivity index (χ2n) is 18.6. The molecule has 0 spiro atoms. The molecule has 4 heterocycles. The lowest BCUT2D eigenvalue weighted by atomic mass is 9.84. The average Bonchev–Trinajstić information content (AvgIpc) is 4.04. The van der Waals surface area contributed by atoms with E-state index in [4.69, 9.17) is 9.47 Å². The molecule has 0 aromatic heterocycles. The summed E-state index contributed by atoms with van der Waals surface area (Å²) in [4.78, 5) is 30.8. The Bertz CT molecular complexity index is 1700. The Labute approximate surface area is 357 Å². The minimum absolute atomic E-state index is 0.0727. The predicted octanol–water partition coefficient (Wildman–Crippen LogP) is 9.50. The number of carbonyl (C=O) groups excluding carboxylic acids is 2. The summed E-state index contributed by atoms with van der Waals surface area (Å²) in [6.45, 7) is 4.54. The topological polar surface area (TPSA) is 107 Å². The average molecular weight is 817 g/mol. The van der Waals surface area contributed by atoms with Crippen molar-refractivity contribution in [3.05, 3.63) is 95.1 Å². The van der Waals surface area contributed by atoms with Crippen LogP contribution in [0.2, 0.25) is 0 Å². The lowest BCUT2D eigenvalue weighted by Gasteiger charge is -2.31. The van der Waals surface area contributed by atoms with Crippen molar-refractivity contribution in [1.29, 1.82) is 0 Å². The molecular weight excluding hydrogens is 749 g/mol. The van der Waals surface area contributed by atoms with Gasteiger partial charge in [0.1, 0.15) is 11.5 Å². The second-order valence-corrected chi connectivity index (χ2v) is 18.6. The first kappa shape index (κ1) is 41.1. The van der Waals surface area contributed by atoms with Crippen molar-refractivity contribution in [2.24, 2.45) is 11.8 Å². The molecule has 4 atom stereocenters. The third-order valence-electron chi connectivity index (χ3n) is 15.0. The molecule has 9 rings (SSSR count). The van der Waals surface area contributed by atoms with Crippen molar-refractivity contribution in [3.8, 4) is 11.5 Å². The van der Waals surface area contributed by atoms with E-state index in [1.165, 1.54) is 77.3 Å². The van der Waals surface area contributed by atoms with E-state index in [0.717, 1.165) is 61.9 Å². The van der Waals surface area contributed by atoms with E-state index in [2.05, 4.69) is 79.6 Å². The fourth-order valence-electron chi connectivity index (χ4n) is 11.8. The van der Waals surface area contributed by atoms with Gasteiger partial charge < -0.3 is 30.7 Å². The highest BCUT2D eigenvalue weighted by Gasteiger charge is 2.44. The number of amides is 4. The van der Waals surface area contributed by atoms with Gasteiger partial charge in [-0.15, -0.1) is 0 Å². The van der Waals surface area contributed by atoms with Gasteiger partial charge in [0.2, 0.25) is 0 Å². The lowest BCUT2D eigenvalue weighted by molar-refractivity contribution is 0.185. The summed E-state index contributed by atoms with van der Waals surface area (Å²) in [6.07, 6.45) is 18.3. The minimum atomic E-state index is -0.0727. The van der Waals surface area contributed by atoms with E-state index < -0.39 is 0 Å². The summed E-state index contributed by atoms with van der Waals surface area (Å²) in [5, 5.41) is 12.5. The first-order chi connectivity index (χ1) is 29.6. The van der Waals surface area contributed by atoms with E-state index in [0.29, 0.717) is 50.5 Å². The molecule has 2 saturated heterocycles. The van der Waals surface area contributed by atoms with Gasteiger partial charge in [-0.3, -0.25) is 9.80 Å². The Kier molecular flexibility index (Phi) is 13.4. The van der Waals surface area contributed by atoms with E-state index in [9.17, 15) is 9.59 Å². The molecule has 4 amide bonds. The normalized spacial score (nSPS) is 27.9. The number of fused-ring (bicyclic) bond motifs is 10. The van der Waals surface area contributed by atoms with E-state index in [1.807, 2.05) is 24.3 Å². The highest BCUT2D eigenvalue weighted by atomic mass is 16.5. The quantitative estimate of drug-likeness (QED) is 0.0954. The van der Waals surface area contributed by atoms with Crippen molar-refractivity contribution in [2.45, 2.75) is 139 Å². The number of hydrogen-bond acceptors (Lipinski definition) is 6. The van der Waals surface area contributed by atoms with Gasteiger partial charge in [0, 0.05) is 55.4 Å². The van der Waals surface area contributed by atoms with Crippen LogP contribution in [0.4, 0.5) is 9.59 Å². The molecule has 3 aromatic rings. The molecule has 4 fully saturated rings. The molecule has 10 nitrogen and oxygen atoms in total. The monoisotopic (exact) mass is 817 g/mol. The molecule has 4 unspecified atom stereocenters. The Morgan fingerprint density at radius 2 is 0.883 bits per heavy atom. The van der Waals surface area contributed by atoms with Gasteiger partial charge in [-0.2, -0.15) is 0 Å². The summed E-state index contributed by atoms with van der Waals surface area (Å²) < 4.78 is 11.9. The standard InChI is InChI=1S/C50H68N6O4/c57-49(53-37-18-14-35(15-19-37)26-30-55-45-22-23-46(55)42-11-2-1-10-41(42)45)51-28-6-32-59-39-8-5-9-40(34-39)60-33-7-29-52-50(58)54-38-20-16-36(17-21-38)27-31-56-47-24-25-48(56)44-13-4-3-12-43(44)47/h1-5,8-13,34-38,45-48H,6-7,14-33H2,(H2,51,53,57)(H2,52,54,58). The van der Waals surface area contributed by atoms with Crippen LogP contribution in [-0.4, -0.2) is 73.3 Å². The van der Waals surface area contributed by atoms with Gasteiger partial charge in [0.05, 0.1) is 13.2 Å². The van der Waals surface area contributed by atoms with Crippen molar-refractivity contribution in [3.63, 3.8) is 0 Å². The Balaban J connectivity index is 0.571. The number of benzene rings is 3. The Hall–Kier alpha value is -4.28. The number of nitrogens with zero attached hydrogens (tertiary/aromatic N) is 2. The molecule has 2 aliphatic carbocycles. The summed E-state index contributed by atoms with van der Waals surface area (Å²) in [6, 6.07) is 28.7. The van der Waals surface area contributed by atoms with Gasteiger partial charge >= 0.3 is 12.1 Å². The molecule has 60 heavy (non-hydrogen) atoms. The number of nitrogens with one attached hydrogen (secondary N) is 4. The van der Waals surface area contributed by atoms with Gasteiger partial charge in [0.15, 0.2) is 0 Å². The Morgan fingerprint density at radius 1 is 0.500 bits per heavy atom. The summed E-state index contributed by atoms with van der Waals surface area (Å²) in [5.41, 5.74) is 6.28. The van der Waals surface area contributed by atoms with Crippen LogP contribution in [0.15, 0.2) is 72.8 Å². The zero-order valence-electron chi connectivity index (χ0n) is 35.6. The van der Waals surface area contributed by atoms with Crippen LogP contribution >= 0.6 is 0 Å². The third-order valence-corrected chi connectivity index (χ3v) is 15.0. The molecule has 10 heteroatoms. The van der Waals surface area contributed by atoms with Crippen LogP contribution < -0.4 is 30.7 Å². The molecule has 4 bridgehead atoms. The van der Waals surface area contributed by atoms with Gasteiger partial charge in [0.25, 0.3) is 0 Å². The van der Waals surface area contributed by atoms with Crippen molar-refractivity contribution < 1.29 is 19.1 Å². The van der Waals surface area contributed by atoms with Crippen LogP contribution in [0.5, 0.6) is 11.5 Å². The molecule has 6 aliphatic rings. The fraction of sp³-hybridized carbons (Fsp3) is 0.600. The zero-order chi connectivity index (χ0) is 40.7. The van der Waals surface area contributed by atoms with Crippen LogP contribution in [0.1, 0.15) is 149 Å². The van der Waals surface area contributed by atoms with Crippen molar-refractivity contribution >= 4 is 12.1 Å². The highest BCUT2D eigenvalue weighted by Crippen LogP contribution is 2.54. The third kappa shape index (κ3) is 9.75. The first-order valence-electron chi connectivity index (χ1n) is 23.7. The largest absolute Gasteiger partial charge is 0.493 e. The second kappa shape index (κ2) is 19.6. The molecule has 4 N–H and O–H groups in total. The fourth-order valence-corrected chi connectivity index (χ4v) is 11.8. The van der Waals surface area contributed by atoms with E-state index >= 15 is 0 Å². The maximum absolute atomic E-state index is 12.6. The molecule has 3 aromatic carbocycles. The molecule has 4 aliphatic heterocycles. The summed E-state index contributed by atoms with van der Waals surface area (Å²) in [5.74, 6) is 3.01. The summed E-state index contributed by atoms with van der Waals surface area (Å²) in [7, 11) is 0. The smallest absolute Gasteiger partial charge is 0.315 e. The zero-order valence-corrected chi connectivity index (χ0v) is 35.6. The number of urea groups is 2. The van der Waals surface area contributed by atoms with Crippen LogP contribution in [0, 0.1) is 11.8 Å². The maximum atomic E-state index is 12.6.